The maximum atomic E-state index is 4.88. The summed E-state index contributed by atoms with van der Waals surface area (Å²) in [6.45, 7) is 20.8. The van der Waals surface area contributed by atoms with E-state index in [1.165, 1.54) is 33.2 Å². The van der Waals surface area contributed by atoms with Crippen LogP contribution in [0.2, 0.25) is 0 Å². The molecule has 5 nitrogen and oxygen atoms in total. The van der Waals surface area contributed by atoms with Crippen LogP contribution in [0.25, 0.3) is 33.3 Å². The molecule has 51 heavy (non-hydrogen) atoms. The fraction of sp³-hybridized carbons (Fsp3) is 0.289. The zero-order valence-corrected chi connectivity index (χ0v) is 33.8. The molecule has 0 aliphatic heterocycles. The van der Waals surface area contributed by atoms with Gasteiger partial charge in [-0.05, 0) is 17.0 Å². The molecule has 3 aromatic heterocycles. The van der Waals surface area contributed by atoms with Crippen molar-refractivity contribution in [2.75, 3.05) is 4.90 Å². The molecular weight excluding hydrogens is 806 g/mol. The Hall–Kier alpha value is -4.47. The molecule has 0 bridgehead atoms. The summed E-state index contributed by atoms with van der Waals surface area (Å²) in [6.07, 6.45) is 6.13. The summed E-state index contributed by atoms with van der Waals surface area (Å²) in [7, 11) is 2.09. The molecular formula is C45H49N5Pt. The van der Waals surface area contributed by atoms with E-state index in [0.29, 0.717) is 0 Å². The quantitative estimate of drug-likeness (QED) is 0.173. The van der Waals surface area contributed by atoms with Crippen LogP contribution in [0.1, 0.15) is 79.0 Å². The molecule has 7 rings (SSSR count). The number of fused-ring (bicyclic) bond motifs is 3. The van der Waals surface area contributed by atoms with E-state index in [2.05, 4.69) is 211 Å². The summed E-state index contributed by atoms with van der Waals surface area (Å²) < 4.78 is 7.87. The number of nitrogens with zero attached hydrogens (tertiary/aromatic N) is 5. The minimum atomic E-state index is -0.105. The summed E-state index contributed by atoms with van der Waals surface area (Å²) >= 11 is 2.40. The van der Waals surface area contributed by atoms with Crippen molar-refractivity contribution >= 4 is 38.9 Å². The first-order valence-corrected chi connectivity index (χ1v) is 18.9. The summed E-state index contributed by atoms with van der Waals surface area (Å²) in [5, 5.41) is 2.46. The van der Waals surface area contributed by atoms with Gasteiger partial charge < -0.3 is 0 Å². The zero-order valence-electron chi connectivity index (χ0n) is 31.5. The molecule has 0 unspecified atom stereocenters. The Labute approximate surface area is 313 Å². The minimum absolute atomic E-state index is 0.0318. The van der Waals surface area contributed by atoms with Gasteiger partial charge >= 0.3 is 259 Å². The monoisotopic (exact) mass is 854 g/mol. The molecule has 7 aromatic rings. The van der Waals surface area contributed by atoms with Gasteiger partial charge in [-0.1, -0.05) is 32.9 Å². The number of anilines is 3. The second-order valence-corrected chi connectivity index (χ2v) is 17.8. The van der Waals surface area contributed by atoms with E-state index in [-0.39, 0.29) is 16.2 Å². The molecule has 0 saturated heterocycles. The van der Waals surface area contributed by atoms with Gasteiger partial charge in [0.05, 0.1) is 0 Å². The van der Waals surface area contributed by atoms with Crippen molar-refractivity contribution in [2.45, 2.75) is 78.6 Å². The van der Waals surface area contributed by atoms with Gasteiger partial charge in [-0.15, -0.1) is 0 Å². The second kappa shape index (κ2) is 12.6. The molecule has 3 heterocycles. The third-order valence-electron chi connectivity index (χ3n) is 9.89. The molecule has 0 N–H and O–H groups in total. The average Bonchev–Trinajstić information content (AvgIpc) is 3.59. The van der Waals surface area contributed by atoms with Crippen LogP contribution in [0.15, 0.2) is 116 Å². The number of benzene rings is 4. The molecule has 0 spiro atoms. The first kappa shape index (κ1) is 35.0. The first-order chi connectivity index (χ1) is 24.0. The Bertz CT molecular complexity index is 2430. The molecule has 0 aliphatic carbocycles. The maximum absolute atomic E-state index is 4.88. The van der Waals surface area contributed by atoms with Crippen LogP contribution in [0.4, 0.5) is 17.1 Å². The summed E-state index contributed by atoms with van der Waals surface area (Å²) in [5.41, 5.74) is 10.6. The van der Waals surface area contributed by atoms with Crippen molar-refractivity contribution in [1.29, 1.82) is 0 Å². The van der Waals surface area contributed by atoms with Crippen LogP contribution < -0.4 is 4.90 Å². The standard InChI is InChI=1S/C45H49N5.Pt/c1-43(2,3)31-20-23-39-36(27-31)35-22-21-34(29-40(35)50(39)41-19-11-12-24-46-41)49(33-16-13-15-32(28-33)48-26-25-47(10)30-48)42-37(44(4,5)6)17-14-18-38(42)45(7,8)9;/h11-29H,1-10H3;. The van der Waals surface area contributed by atoms with Gasteiger partial charge in [-0.25, -0.2) is 0 Å². The van der Waals surface area contributed by atoms with Gasteiger partial charge in [0.15, 0.2) is 0 Å². The number of pyridine rings is 1. The zero-order chi connectivity index (χ0) is 36.5. The van der Waals surface area contributed by atoms with E-state index < -0.39 is 0 Å². The van der Waals surface area contributed by atoms with Crippen molar-refractivity contribution < 1.29 is 19.4 Å². The molecule has 264 valence electrons. The van der Waals surface area contributed by atoms with Gasteiger partial charge in [0.2, 0.25) is 0 Å². The third-order valence-corrected chi connectivity index (χ3v) is 11.2. The Morgan fingerprint density at radius 2 is 1.29 bits per heavy atom. The molecule has 0 aliphatic rings. The van der Waals surface area contributed by atoms with Gasteiger partial charge in [0.1, 0.15) is 0 Å². The normalized spacial score (nSPS) is 12.6. The van der Waals surface area contributed by atoms with E-state index in [1.54, 1.807) is 0 Å². The van der Waals surface area contributed by atoms with Crippen LogP contribution in [-0.2, 0) is 42.6 Å². The molecule has 0 amide bonds. The Kier molecular flexibility index (Phi) is 8.66. The van der Waals surface area contributed by atoms with Gasteiger partial charge in [0, 0.05) is 6.20 Å². The predicted octanol–water partition coefficient (Wildman–Crippen LogP) is 11.7. The predicted molar refractivity (Wildman–Crippen MR) is 211 cm³/mol. The number of rotatable bonds is 5. The number of imidazole rings is 1. The Morgan fingerprint density at radius 1 is 0.608 bits per heavy atom. The fourth-order valence-corrected chi connectivity index (χ4v) is 7.80. The average molecular weight is 855 g/mol. The molecule has 6 heteroatoms. The number of hydrogen-bond acceptors (Lipinski definition) is 2. The fourth-order valence-electron chi connectivity index (χ4n) is 7.17. The number of aryl methyl sites for hydroxylation is 1. The van der Waals surface area contributed by atoms with Crippen molar-refractivity contribution in [3.05, 3.63) is 136 Å². The van der Waals surface area contributed by atoms with Crippen molar-refractivity contribution in [1.82, 2.24) is 18.7 Å². The van der Waals surface area contributed by atoms with Crippen LogP contribution in [0.3, 0.4) is 0 Å². The van der Waals surface area contributed by atoms with E-state index in [9.17, 15) is 0 Å². The van der Waals surface area contributed by atoms with Gasteiger partial charge in [-0.3, -0.25) is 0 Å². The molecule has 4 aromatic carbocycles. The number of aromatic nitrogens is 4. The second-order valence-electron chi connectivity index (χ2n) is 16.8. The molecule has 0 atom stereocenters. The Morgan fingerprint density at radius 3 is 1.90 bits per heavy atom. The van der Waals surface area contributed by atoms with Crippen LogP contribution >= 0.6 is 0 Å². The SMILES string of the molecule is Cn1ccn(-c2cccc(N(c3ccc4c5cc(C(C)(C)C)ccc5n(-c5ccccn5)c4c3)c3c(C(C)(C)C)cccc3C(C)(C)C)c2)[c]1=[Pt]. The summed E-state index contributed by atoms with van der Waals surface area (Å²) in [5.74, 6) is 0.910. The molecule has 0 radical (unpaired) electrons. The number of para-hydroxylation sites is 1. The van der Waals surface area contributed by atoms with E-state index in [1.807, 2.05) is 12.3 Å². The summed E-state index contributed by atoms with van der Waals surface area (Å²) in [6, 6.07) is 35.9. The summed E-state index contributed by atoms with van der Waals surface area (Å²) in [4.78, 5) is 7.38. The topological polar surface area (TPSA) is 30.9 Å². The van der Waals surface area contributed by atoms with Crippen LogP contribution in [-0.4, -0.2) is 18.7 Å². The molecule has 0 saturated carbocycles. The van der Waals surface area contributed by atoms with Crippen molar-refractivity contribution in [3.63, 3.8) is 0 Å². The van der Waals surface area contributed by atoms with E-state index in [0.717, 1.165) is 37.7 Å². The van der Waals surface area contributed by atoms with Crippen molar-refractivity contribution in [3.8, 4) is 11.5 Å². The number of hydrogen-bond donors (Lipinski definition) is 0. The van der Waals surface area contributed by atoms with E-state index in [4.69, 9.17) is 4.98 Å². The van der Waals surface area contributed by atoms with Crippen molar-refractivity contribution in [2.24, 2.45) is 7.05 Å². The van der Waals surface area contributed by atoms with Crippen LogP contribution in [0.5, 0.6) is 0 Å². The van der Waals surface area contributed by atoms with E-state index >= 15 is 0 Å². The third kappa shape index (κ3) is 6.35. The van der Waals surface area contributed by atoms with Gasteiger partial charge in [-0.2, -0.15) is 0 Å². The van der Waals surface area contributed by atoms with Crippen LogP contribution in [0, 0.1) is 3.80 Å². The Balaban J connectivity index is 1.59. The molecule has 0 fully saturated rings. The first-order valence-electron chi connectivity index (χ1n) is 17.8. The van der Waals surface area contributed by atoms with Gasteiger partial charge in [0.25, 0.3) is 0 Å².